The van der Waals surface area contributed by atoms with Crippen molar-refractivity contribution in [3.63, 3.8) is 0 Å². The SMILES string of the molecule is CCOc1ccccc1N1CCN(P(=Nc2ccccc2C(=O)O)(c2ccc(C)o2)C(C)(C)C)CC1. The van der Waals surface area contributed by atoms with Gasteiger partial charge in [0.25, 0.3) is 0 Å². The highest BCUT2D eigenvalue weighted by molar-refractivity contribution is 7.72. The number of rotatable bonds is 7. The summed E-state index contributed by atoms with van der Waals surface area (Å²) in [6.45, 7) is 14.2. The molecule has 2 heterocycles. The lowest BCUT2D eigenvalue weighted by Gasteiger charge is -2.47. The van der Waals surface area contributed by atoms with Crippen LogP contribution in [0.3, 0.4) is 0 Å². The van der Waals surface area contributed by atoms with Gasteiger partial charge in [-0.1, -0.05) is 45.0 Å². The van der Waals surface area contributed by atoms with Crippen LogP contribution in [0.2, 0.25) is 0 Å². The maximum Gasteiger partial charge on any atom is 0.337 e. The van der Waals surface area contributed by atoms with E-state index in [1.54, 1.807) is 18.2 Å². The zero-order chi connectivity index (χ0) is 25.9. The first-order valence-electron chi connectivity index (χ1n) is 12.4. The molecule has 8 heteroatoms. The van der Waals surface area contributed by atoms with E-state index in [1.807, 2.05) is 50.2 Å². The molecule has 3 aromatic rings. The van der Waals surface area contributed by atoms with Gasteiger partial charge in [0.2, 0.25) is 0 Å². The summed E-state index contributed by atoms with van der Waals surface area (Å²) in [6.07, 6.45) is 0. The molecule has 0 aliphatic carbocycles. The summed E-state index contributed by atoms with van der Waals surface area (Å²) in [5.74, 6) is 0.742. The Morgan fingerprint density at radius 3 is 2.31 bits per heavy atom. The predicted octanol–water partition coefficient (Wildman–Crippen LogP) is 6.38. The fourth-order valence-electron chi connectivity index (χ4n) is 4.87. The molecule has 0 saturated carbocycles. The minimum Gasteiger partial charge on any atom is -0.492 e. The highest BCUT2D eigenvalue weighted by atomic mass is 31.2. The minimum atomic E-state index is -2.55. The Morgan fingerprint density at radius 2 is 1.69 bits per heavy atom. The van der Waals surface area contributed by atoms with Crippen molar-refractivity contribution in [2.75, 3.05) is 37.7 Å². The third-order valence-electron chi connectivity index (χ3n) is 6.53. The van der Waals surface area contributed by atoms with E-state index >= 15 is 0 Å². The van der Waals surface area contributed by atoms with Crippen molar-refractivity contribution in [3.8, 4) is 5.75 Å². The van der Waals surface area contributed by atoms with Crippen LogP contribution in [0.25, 0.3) is 0 Å². The van der Waals surface area contributed by atoms with Gasteiger partial charge < -0.3 is 19.2 Å². The second-order valence-electron chi connectivity index (χ2n) is 9.92. The van der Waals surface area contributed by atoms with Crippen LogP contribution in [0.5, 0.6) is 5.75 Å². The van der Waals surface area contributed by atoms with Crippen molar-refractivity contribution in [1.29, 1.82) is 0 Å². The fourth-order valence-corrected chi connectivity index (χ4v) is 8.98. The number of nitrogens with zero attached hydrogens (tertiary/aromatic N) is 3. The van der Waals surface area contributed by atoms with Gasteiger partial charge >= 0.3 is 5.97 Å². The van der Waals surface area contributed by atoms with Crippen molar-refractivity contribution < 1.29 is 19.1 Å². The summed E-state index contributed by atoms with van der Waals surface area (Å²) in [5, 5.41) is 9.58. The number of ether oxygens (including phenoxy) is 1. The molecular formula is C28H36N3O4P. The largest absolute Gasteiger partial charge is 0.492 e. The molecule has 0 radical (unpaired) electrons. The number of anilines is 1. The Morgan fingerprint density at radius 1 is 1.03 bits per heavy atom. The van der Waals surface area contributed by atoms with Crippen molar-refractivity contribution in [1.82, 2.24) is 4.67 Å². The molecule has 1 unspecified atom stereocenters. The number of benzene rings is 2. The average Bonchev–Trinajstić information content (AvgIpc) is 3.29. The molecule has 1 N–H and O–H groups in total. The van der Waals surface area contributed by atoms with Crippen LogP contribution in [0.1, 0.15) is 43.8 Å². The van der Waals surface area contributed by atoms with Crippen LogP contribution in [0.15, 0.2) is 69.8 Å². The molecule has 7 nitrogen and oxygen atoms in total. The molecule has 0 bridgehead atoms. The molecule has 2 aromatic carbocycles. The van der Waals surface area contributed by atoms with Gasteiger partial charge in [-0.05, 0) is 50.2 Å². The van der Waals surface area contributed by atoms with Gasteiger partial charge in [0.15, 0.2) is 5.50 Å². The number of carboxylic acids is 1. The van der Waals surface area contributed by atoms with E-state index in [9.17, 15) is 9.90 Å². The van der Waals surface area contributed by atoms with Crippen LogP contribution in [0, 0.1) is 6.92 Å². The molecule has 0 amide bonds. The quantitative estimate of drug-likeness (QED) is 0.373. The first kappa shape index (κ1) is 26.1. The van der Waals surface area contributed by atoms with Gasteiger partial charge in [0.1, 0.15) is 18.7 Å². The van der Waals surface area contributed by atoms with Gasteiger partial charge in [0, 0.05) is 31.3 Å². The van der Waals surface area contributed by atoms with Gasteiger partial charge in [-0.2, -0.15) is 0 Å². The van der Waals surface area contributed by atoms with Crippen molar-refractivity contribution in [3.05, 3.63) is 72.0 Å². The highest BCUT2D eigenvalue weighted by Crippen LogP contribution is 2.64. The number of hydrogen-bond donors (Lipinski definition) is 1. The normalized spacial score (nSPS) is 16.4. The maximum absolute atomic E-state index is 12.1. The van der Waals surface area contributed by atoms with E-state index in [-0.39, 0.29) is 10.7 Å². The minimum absolute atomic E-state index is 0.207. The lowest BCUT2D eigenvalue weighted by molar-refractivity contribution is 0.0698. The molecule has 1 aromatic heterocycles. The first-order chi connectivity index (χ1) is 17.2. The molecule has 36 heavy (non-hydrogen) atoms. The third kappa shape index (κ3) is 4.95. The summed E-state index contributed by atoms with van der Waals surface area (Å²) in [5.41, 5.74) is 2.63. The Kier molecular flexibility index (Phi) is 7.62. The van der Waals surface area contributed by atoms with E-state index in [0.717, 1.165) is 48.9 Å². The summed E-state index contributed by atoms with van der Waals surface area (Å²) in [4.78, 5) is 14.4. The summed E-state index contributed by atoms with van der Waals surface area (Å²) >= 11 is 0. The molecular weight excluding hydrogens is 473 g/mol. The zero-order valence-electron chi connectivity index (χ0n) is 21.8. The average molecular weight is 510 g/mol. The number of hydrogen-bond acceptors (Lipinski definition) is 5. The van der Waals surface area contributed by atoms with Crippen LogP contribution < -0.4 is 15.1 Å². The van der Waals surface area contributed by atoms with Crippen molar-refractivity contribution in [2.24, 2.45) is 4.74 Å². The molecule has 1 aliphatic rings. The lowest BCUT2D eigenvalue weighted by atomic mass is 10.2. The Hall–Kier alpha value is -3.02. The van der Waals surface area contributed by atoms with Crippen LogP contribution in [-0.2, 0) is 0 Å². The smallest absolute Gasteiger partial charge is 0.337 e. The standard InChI is InChI=1S/C28H36N3O4P/c1-6-34-25-14-10-9-13-24(25)30-17-19-31(20-18-30)36(28(3,4)5,26-16-15-21(2)35-26)29-23-12-8-7-11-22(23)27(32)33/h7-16H,6,17-20H2,1-5H3,(H,32,33). The van der Waals surface area contributed by atoms with E-state index in [0.29, 0.717) is 12.3 Å². The number of carbonyl (C=O) groups is 1. The summed E-state index contributed by atoms with van der Waals surface area (Å²) in [6, 6.07) is 19.2. The molecule has 1 fully saturated rings. The van der Waals surface area contributed by atoms with E-state index < -0.39 is 13.2 Å². The molecule has 0 spiro atoms. The maximum atomic E-state index is 12.1. The Balaban J connectivity index is 1.81. The highest BCUT2D eigenvalue weighted by Gasteiger charge is 2.45. The second-order valence-corrected chi connectivity index (χ2v) is 13.7. The zero-order valence-corrected chi connectivity index (χ0v) is 22.7. The second kappa shape index (κ2) is 10.5. The van der Waals surface area contributed by atoms with Crippen molar-refractivity contribution in [2.45, 2.75) is 39.8 Å². The van der Waals surface area contributed by atoms with Crippen LogP contribution in [-0.4, -0.2) is 53.7 Å². The number of furan rings is 1. The molecule has 192 valence electrons. The number of piperazine rings is 1. The third-order valence-corrected chi connectivity index (χ3v) is 11.0. The Bertz CT molecular complexity index is 1270. The van der Waals surface area contributed by atoms with E-state index in [4.69, 9.17) is 13.9 Å². The number of carboxylic acid groups (broad SMARTS) is 1. The predicted molar refractivity (Wildman–Crippen MR) is 147 cm³/mol. The van der Waals surface area contributed by atoms with Crippen molar-refractivity contribution >= 4 is 30.1 Å². The monoisotopic (exact) mass is 509 g/mol. The molecule has 1 saturated heterocycles. The van der Waals surface area contributed by atoms with E-state index in [1.165, 1.54) is 0 Å². The number of aryl methyl sites for hydroxylation is 1. The summed E-state index contributed by atoms with van der Waals surface area (Å²) < 4.78 is 20.0. The van der Waals surface area contributed by atoms with Gasteiger partial charge in [0.05, 0.1) is 23.5 Å². The molecule has 4 rings (SSSR count). The fraction of sp³-hybridized carbons (Fsp3) is 0.393. The Labute approximate surface area is 213 Å². The van der Waals surface area contributed by atoms with Crippen LogP contribution >= 0.6 is 7.21 Å². The van der Waals surface area contributed by atoms with Gasteiger partial charge in [-0.3, -0.25) is 4.67 Å². The first-order valence-corrected chi connectivity index (χ1v) is 14.1. The van der Waals surface area contributed by atoms with Gasteiger partial charge in [-0.25, -0.2) is 9.54 Å². The van der Waals surface area contributed by atoms with Gasteiger partial charge in [-0.15, -0.1) is 0 Å². The van der Waals surface area contributed by atoms with Crippen LogP contribution in [0.4, 0.5) is 11.4 Å². The summed E-state index contributed by atoms with van der Waals surface area (Å²) in [7, 11) is -2.55. The molecule has 1 atom stereocenters. The van der Waals surface area contributed by atoms with E-state index in [2.05, 4.69) is 36.4 Å². The topological polar surface area (TPSA) is 78.5 Å². The lowest BCUT2D eigenvalue weighted by Crippen LogP contribution is -2.48. The number of aromatic carboxylic acids is 1. The number of para-hydroxylation sites is 2. The molecule has 1 aliphatic heterocycles.